The van der Waals surface area contributed by atoms with E-state index in [1.54, 1.807) is 6.08 Å². The van der Waals surface area contributed by atoms with E-state index < -0.39 is 11.8 Å². The van der Waals surface area contributed by atoms with Gasteiger partial charge in [-0.1, -0.05) is 6.08 Å². The Morgan fingerprint density at radius 2 is 2.36 bits per heavy atom. The highest BCUT2D eigenvalue weighted by molar-refractivity contribution is 7.99. The summed E-state index contributed by atoms with van der Waals surface area (Å²) in [4.78, 5) is 10.9. The zero-order chi connectivity index (χ0) is 10.6. The van der Waals surface area contributed by atoms with E-state index in [1.807, 2.05) is 0 Å². The molecular formula is C10H9FO2S. The van der Waals surface area contributed by atoms with Crippen molar-refractivity contribution in [3.63, 3.8) is 0 Å². The van der Waals surface area contributed by atoms with E-state index in [2.05, 4.69) is 6.58 Å². The topological polar surface area (TPSA) is 37.3 Å². The first-order valence-corrected chi connectivity index (χ1v) is 4.90. The van der Waals surface area contributed by atoms with Gasteiger partial charge in [0.2, 0.25) is 0 Å². The van der Waals surface area contributed by atoms with Crippen LogP contribution in [0.15, 0.2) is 35.7 Å². The average molecular weight is 212 g/mol. The maximum absolute atomic E-state index is 13.1. The van der Waals surface area contributed by atoms with Crippen LogP contribution in [0, 0.1) is 5.82 Å². The summed E-state index contributed by atoms with van der Waals surface area (Å²) in [5.41, 5.74) is 0.0953. The number of carbonyl (C=O) groups is 1. The fraction of sp³-hybridized carbons (Fsp3) is 0.100. The zero-order valence-corrected chi connectivity index (χ0v) is 8.18. The normalized spacial score (nSPS) is 9.79. The second kappa shape index (κ2) is 4.81. The van der Waals surface area contributed by atoms with Gasteiger partial charge in [-0.2, -0.15) is 0 Å². The minimum atomic E-state index is -1.05. The molecule has 4 heteroatoms. The largest absolute Gasteiger partial charge is 0.478 e. The first kappa shape index (κ1) is 10.8. The van der Waals surface area contributed by atoms with Crippen molar-refractivity contribution >= 4 is 17.7 Å². The van der Waals surface area contributed by atoms with Crippen LogP contribution in [0.2, 0.25) is 0 Å². The number of thioether (sulfide) groups is 1. The fourth-order valence-corrected chi connectivity index (χ4v) is 1.61. The molecule has 2 nitrogen and oxygen atoms in total. The first-order valence-electron chi connectivity index (χ1n) is 3.91. The summed E-state index contributed by atoms with van der Waals surface area (Å²) in [7, 11) is 0. The Morgan fingerprint density at radius 1 is 1.64 bits per heavy atom. The molecule has 0 heterocycles. The van der Waals surface area contributed by atoms with E-state index in [1.165, 1.54) is 23.9 Å². The summed E-state index contributed by atoms with van der Waals surface area (Å²) in [5.74, 6) is -0.896. The maximum Gasteiger partial charge on any atom is 0.335 e. The van der Waals surface area contributed by atoms with Crippen LogP contribution in [0.5, 0.6) is 0 Å². The van der Waals surface area contributed by atoms with Gasteiger partial charge in [-0.25, -0.2) is 9.18 Å². The predicted molar refractivity (Wildman–Crippen MR) is 54.3 cm³/mol. The number of carboxylic acids is 1. The van der Waals surface area contributed by atoms with Crippen molar-refractivity contribution in [3.05, 3.63) is 42.2 Å². The SMILES string of the molecule is C=CCSc1cc(C(=O)O)ccc1F. The van der Waals surface area contributed by atoms with E-state index in [4.69, 9.17) is 5.11 Å². The summed E-state index contributed by atoms with van der Waals surface area (Å²) in [6.07, 6.45) is 1.64. The molecule has 1 aromatic rings. The monoisotopic (exact) mass is 212 g/mol. The van der Waals surface area contributed by atoms with E-state index in [0.717, 1.165) is 6.07 Å². The molecule has 0 atom stereocenters. The molecule has 14 heavy (non-hydrogen) atoms. The summed E-state index contributed by atoms with van der Waals surface area (Å²) in [6, 6.07) is 3.73. The number of rotatable bonds is 4. The van der Waals surface area contributed by atoms with Gasteiger partial charge in [-0.3, -0.25) is 0 Å². The van der Waals surface area contributed by atoms with Crippen LogP contribution >= 0.6 is 11.8 Å². The minimum Gasteiger partial charge on any atom is -0.478 e. The summed E-state index contributed by atoms with van der Waals surface area (Å²) >= 11 is 1.22. The third kappa shape index (κ3) is 2.60. The molecule has 0 radical (unpaired) electrons. The fourth-order valence-electron chi connectivity index (χ4n) is 0.896. The van der Waals surface area contributed by atoms with E-state index in [-0.39, 0.29) is 5.56 Å². The lowest BCUT2D eigenvalue weighted by molar-refractivity contribution is 0.0696. The van der Waals surface area contributed by atoms with Crippen molar-refractivity contribution < 1.29 is 14.3 Å². The number of hydrogen-bond acceptors (Lipinski definition) is 2. The molecule has 0 aliphatic heterocycles. The first-order chi connectivity index (χ1) is 6.65. The molecule has 74 valence electrons. The van der Waals surface area contributed by atoms with Gasteiger partial charge in [-0.15, -0.1) is 18.3 Å². The Hall–Kier alpha value is -1.29. The highest BCUT2D eigenvalue weighted by atomic mass is 32.2. The number of carboxylic acid groups (broad SMARTS) is 1. The van der Waals surface area contributed by atoms with Crippen LogP contribution in [0.3, 0.4) is 0 Å². The van der Waals surface area contributed by atoms with Crippen LogP contribution in [0.4, 0.5) is 4.39 Å². The molecule has 1 aromatic carbocycles. The number of hydrogen-bond donors (Lipinski definition) is 1. The lowest BCUT2D eigenvalue weighted by Gasteiger charge is -2.01. The Kier molecular flexibility index (Phi) is 3.71. The highest BCUT2D eigenvalue weighted by Gasteiger charge is 2.07. The second-order valence-corrected chi connectivity index (χ2v) is 3.61. The molecule has 0 unspecified atom stereocenters. The highest BCUT2D eigenvalue weighted by Crippen LogP contribution is 2.22. The van der Waals surface area contributed by atoms with E-state index in [9.17, 15) is 9.18 Å². The molecule has 0 aliphatic carbocycles. The predicted octanol–water partition coefficient (Wildman–Crippen LogP) is 2.80. The van der Waals surface area contributed by atoms with Crippen LogP contribution in [0.1, 0.15) is 10.4 Å². The smallest absolute Gasteiger partial charge is 0.335 e. The molecule has 0 fully saturated rings. The molecule has 0 saturated heterocycles. The summed E-state index contributed by atoms with van der Waals surface area (Å²) < 4.78 is 13.1. The Bertz CT molecular complexity index is 363. The average Bonchev–Trinajstić information content (AvgIpc) is 2.16. The van der Waals surface area contributed by atoms with Crippen molar-refractivity contribution in [1.29, 1.82) is 0 Å². The van der Waals surface area contributed by atoms with Crippen molar-refractivity contribution in [2.45, 2.75) is 4.90 Å². The molecule has 0 aromatic heterocycles. The molecule has 1 rings (SSSR count). The standard InChI is InChI=1S/C10H9FO2S/c1-2-5-14-9-6-7(10(12)13)3-4-8(9)11/h2-4,6H,1,5H2,(H,12,13). The molecule has 0 amide bonds. The summed E-state index contributed by atoms with van der Waals surface area (Å²) in [6.45, 7) is 3.50. The van der Waals surface area contributed by atoms with Gasteiger partial charge < -0.3 is 5.11 Å². The van der Waals surface area contributed by atoms with E-state index >= 15 is 0 Å². The maximum atomic E-state index is 13.1. The lowest BCUT2D eigenvalue weighted by Crippen LogP contribution is -1.97. The number of benzene rings is 1. The van der Waals surface area contributed by atoms with Gasteiger partial charge in [0.1, 0.15) is 5.82 Å². The van der Waals surface area contributed by atoms with Gasteiger partial charge in [0, 0.05) is 10.6 Å². The molecule has 0 spiro atoms. The number of halogens is 1. The van der Waals surface area contributed by atoms with Crippen LogP contribution in [-0.2, 0) is 0 Å². The molecular weight excluding hydrogens is 203 g/mol. The van der Waals surface area contributed by atoms with Gasteiger partial charge in [-0.05, 0) is 18.2 Å². The van der Waals surface area contributed by atoms with Crippen LogP contribution in [0.25, 0.3) is 0 Å². The molecule has 0 bridgehead atoms. The Labute approximate surface area is 85.4 Å². The van der Waals surface area contributed by atoms with Crippen molar-refractivity contribution in [2.24, 2.45) is 0 Å². The third-order valence-corrected chi connectivity index (χ3v) is 2.56. The van der Waals surface area contributed by atoms with Crippen molar-refractivity contribution in [2.75, 3.05) is 5.75 Å². The quantitative estimate of drug-likeness (QED) is 0.616. The zero-order valence-electron chi connectivity index (χ0n) is 7.37. The van der Waals surface area contributed by atoms with Gasteiger partial charge in [0.25, 0.3) is 0 Å². The van der Waals surface area contributed by atoms with Gasteiger partial charge in [0.05, 0.1) is 5.56 Å². The van der Waals surface area contributed by atoms with Gasteiger partial charge >= 0.3 is 5.97 Å². The summed E-state index contributed by atoms with van der Waals surface area (Å²) in [5, 5.41) is 8.67. The third-order valence-electron chi connectivity index (χ3n) is 1.53. The van der Waals surface area contributed by atoms with Gasteiger partial charge in [0.15, 0.2) is 0 Å². The van der Waals surface area contributed by atoms with Crippen LogP contribution in [-0.4, -0.2) is 16.8 Å². The lowest BCUT2D eigenvalue weighted by atomic mass is 10.2. The number of aromatic carboxylic acids is 1. The molecule has 0 aliphatic rings. The minimum absolute atomic E-state index is 0.0953. The Balaban J connectivity index is 2.95. The molecule has 1 N–H and O–H groups in total. The van der Waals surface area contributed by atoms with Crippen molar-refractivity contribution in [3.8, 4) is 0 Å². The van der Waals surface area contributed by atoms with Crippen molar-refractivity contribution in [1.82, 2.24) is 0 Å². The second-order valence-electron chi connectivity index (χ2n) is 2.55. The Morgan fingerprint density at radius 3 is 2.93 bits per heavy atom. The molecule has 0 saturated carbocycles. The van der Waals surface area contributed by atoms with Crippen LogP contribution < -0.4 is 0 Å². The van der Waals surface area contributed by atoms with E-state index in [0.29, 0.717) is 10.6 Å².